The van der Waals surface area contributed by atoms with Crippen molar-refractivity contribution in [3.05, 3.63) is 52.8 Å². The zero-order valence-corrected chi connectivity index (χ0v) is 20.5. The minimum atomic E-state index is -0.433. The highest BCUT2D eigenvalue weighted by molar-refractivity contribution is 6.30. The molecule has 0 N–H and O–H groups in total. The zero-order chi connectivity index (χ0) is 23.1. The van der Waals surface area contributed by atoms with Crippen molar-refractivity contribution in [1.29, 1.82) is 0 Å². The van der Waals surface area contributed by atoms with Crippen molar-refractivity contribution < 1.29 is 14.3 Å². The van der Waals surface area contributed by atoms with Gasteiger partial charge in [0.1, 0.15) is 11.5 Å². The SMILES string of the molecule is CN(C(=O)C(C)(C)CCCOc1ccc(Cl)cc1)[C@H]1CC[C@H](Oc2cncc(Cl)c2)CC1. The molecule has 174 valence electrons. The van der Waals surface area contributed by atoms with Crippen molar-refractivity contribution in [3.8, 4) is 11.5 Å². The fourth-order valence-corrected chi connectivity index (χ4v) is 4.47. The topological polar surface area (TPSA) is 51.7 Å². The second kappa shape index (κ2) is 11.2. The molecule has 5 nitrogen and oxygen atoms in total. The van der Waals surface area contributed by atoms with Crippen molar-refractivity contribution in [3.63, 3.8) is 0 Å². The lowest BCUT2D eigenvalue weighted by molar-refractivity contribution is -0.142. The minimum absolute atomic E-state index is 0.132. The van der Waals surface area contributed by atoms with Crippen molar-refractivity contribution in [2.24, 2.45) is 5.41 Å². The van der Waals surface area contributed by atoms with Gasteiger partial charge in [-0.05, 0) is 62.8 Å². The molecule has 2 aromatic rings. The predicted molar refractivity (Wildman–Crippen MR) is 129 cm³/mol. The van der Waals surface area contributed by atoms with Gasteiger partial charge in [0.15, 0.2) is 0 Å². The third kappa shape index (κ3) is 7.01. The van der Waals surface area contributed by atoms with Crippen LogP contribution in [0.4, 0.5) is 0 Å². The Hall–Kier alpha value is -1.98. The molecular formula is C25H32Cl2N2O3. The first kappa shape index (κ1) is 24.7. The highest BCUT2D eigenvalue weighted by Crippen LogP contribution is 2.31. The van der Waals surface area contributed by atoms with Gasteiger partial charge in [0.25, 0.3) is 0 Å². The summed E-state index contributed by atoms with van der Waals surface area (Å²) in [4.78, 5) is 19.2. The summed E-state index contributed by atoms with van der Waals surface area (Å²) in [6, 6.07) is 9.36. The smallest absolute Gasteiger partial charge is 0.228 e. The molecule has 0 unspecified atom stereocenters. The van der Waals surface area contributed by atoms with E-state index in [2.05, 4.69) is 4.98 Å². The molecule has 1 fully saturated rings. The minimum Gasteiger partial charge on any atom is -0.494 e. The van der Waals surface area contributed by atoms with Gasteiger partial charge in [-0.25, -0.2) is 0 Å². The predicted octanol–water partition coefficient (Wildman–Crippen LogP) is 6.42. The van der Waals surface area contributed by atoms with E-state index in [9.17, 15) is 4.79 Å². The van der Waals surface area contributed by atoms with Gasteiger partial charge >= 0.3 is 0 Å². The van der Waals surface area contributed by atoms with Crippen LogP contribution in [0.25, 0.3) is 0 Å². The summed E-state index contributed by atoms with van der Waals surface area (Å²) in [5.74, 6) is 1.68. The van der Waals surface area contributed by atoms with E-state index in [0.29, 0.717) is 22.4 Å². The molecule has 1 aromatic heterocycles. The number of halogens is 2. The summed E-state index contributed by atoms with van der Waals surface area (Å²) in [7, 11) is 1.93. The summed E-state index contributed by atoms with van der Waals surface area (Å²) in [6.45, 7) is 4.62. The summed E-state index contributed by atoms with van der Waals surface area (Å²) in [5, 5.41) is 1.26. The Morgan fingerprint density at radius 3 is 2.41 bits per heavy atom. The average Bonchev–Trinajstić information content (AvgIpc) is 2.77. The summed E-state index contributed by atoms with van der Waals surface area (Å²) in [6.07, 6.45) is 8.66. The lowest BCUT2D eigenvalue weighted by Crippen LogP contribution is -2.46. The normalized spacial score (nSPS) is 18.8. The number of amides is 1. The number of carbonyl (C=O) groups excluding carboxylic acids is 1. The van der Waals surface area contributed by atoms with Crippen LogP contribution in [-0.2, 0) is 4.79 Å². The van der Waals surface area contributed by atoms with Crippen LogP contribution in [0, 0.1) is 5.41 Å². The molecule has 3 rings (SSSR count). The van der Waals surface area contributed by atoms with Crippen LogP contribution in [-0.4, -0.2) is 41.6 Å². The Kier molecular flexibility index (Phi) is 8.66. The van der Waals surface area contributed by atoms with Gasteiger partial charge in [0.2, 0.25) is 5.91 Å². The van der Waals surface area contributed by atoms with Gasteiger partial charge in [-0.1, -0.05) is 37.0 Å². The molecule has 0 aliphatic heterocycles. The van der Waals surface area contributed by atoms with Crippen LogP contribution >= 0.6 is 23.2 Å². The Bertz CT molecular complexity index is 881. The van der Waals surface area contributed by atoms with Crippen molar-refractivity contribution in [2.75, 3.05) is 13.7 Å². The maximum Gasteiger partial charge on any atom is 0.228 e. The van der Waals surface area contributed by atoms with Crippen LogP contribution in [0.1, 0.15) is 52.4 Å². The maximum atomic E-state index is 13.2. The number of aromatic nitrogens is 1. The Balaban J connectivity index is 1.42. The Labute approximate surface area is 201 Å². The third-order valence-electron chi connectivity index (χ3n) is 6.10. The number of benzene rings is 1. The van der Waals surface area contributed by atoms with Crippen LogP contribution < -0.4 is 9.47 Å². The highest BCUT2D eigenvalue weighted by atomic mass is 35.5. The van der Waals surface area contributed by atoms with E-state index in [1.165, 1.54) is 0 Å². The average molecular weight is 479 g/mol. The number of carbonyl (C=O) groups is 1. The van der Waals surface area contributed by atoms with Crippen molar-refractivity contribution >= 4 is 29.1 Å². The standard InChI is InChI=1S/C25H32Cl2N2O3/c1-25(2,13-4-14-31-21-9-5-18(26)6-10-21)24(30)29(3)20-7-11-22(12-8-20)32-23-15-19(27)16-28-17-23/h5-6,9-10,15-17,20,22H,4,7-8,11-14H2,1-3H3/t20-,22-. The maximum absolute atomic E-state index is 13.2. The molecule has 0 spiro atoms. The van der Waals surface area contributed by atoms with Crippen molar-refractivity contribution in [1.82, 2.24) is 9.88 Å². The van der Waals surface area contributed by atoms with Crippen molar-refractivity contribution in [2.45, 2.75) is 64.5 Å². The Morgan fingerprint density at radius 2 is 1.75 bits per heavy atom. The van der Waals surface area contributed by atoms with Crippen LogP contribution in [0.3, 0.4) is 0 Å². The van der Waals surface area contributed by atoms with Gasteiger partial charge in [0.05, 0.1) is 23.9 Å². The molecular weight excluding hydrogens is 447 g/mol. The molecule has 0 bridgehead atoms. The number of pyridine rings is 1. The molecule has 1 aliphatic rings. The molecule has 1 aliphatic carbocycles. The van der Waals surface area contributed by atoms with Gasteiger partial charge in [0, 0.05) is 35.8 Å². The van der Waals surface area contributed by atoms with Gasteiger partial charge in [-0.15, -0.1) is 0 Å². The van der Waals surface area contributed by atoms with E-state index < -0.39 is 5.41 Å². The van der Waals surface area contributed by atoms with E-state index in [4.69, 9.17) is 32.7 Å². The van der Waals surface area contributed by atoms with Crippen LogP contribution in [0.5, 0.6) is 11.5 Å². The monoisotopic (exact) mass is 478 g/mol. The fraction of sp³-hybridized carbons (Fsp3) is 0.520. The third-order valence-corrected chi connectivity index (χ3v) is 6.56. The van der Waals surface area contributed by atoms with E-state index >= 15 is 0 Å². The van der Waals surface area contributed by atoms with Gasteiger partial charge in [-0.3, -0.25) is 9.78 Å². The lowest BCUT2D eigenvalue weighted by Gasteiger charge is -2.38. The van der Waals surface area contributed by atoms with Crippen LogP contribution in [0.15, 0.2) is 42.7 Å². The first-order valence-electron chi connectivity index (χ1n) is 11.2. The molecule has 0 saturated heterocycles. The Morgan fingerprint density at radius 1 is 1.06 bits per heavy atom. The first-order valence-corrected chi connectivity index (χ1v) is 11.9. The number of hydrogen-bond donors (Lipinski definition) is 0. The van der Waals surface area contributed by atoms with E-state index in [-0.39, 0.29) is 18.1 Å². The molecule has 32 heavy (non-hydrogen) atoms. The van der Waals surface area contributed by atoms with E-state index in [1.54, 1.807) is 18.5 Å². The first-order chi connectivity index (χ1) is 15.2. The molecule has 1 heterocycles. The van der Waals surface area contributed by atoms with Gasteiger partial charge < -0.3 is 14.4 Å². The largest absolute Gasteiger partial charge is 0.494 e. The highest BCUT2D eigenvalue weighted by Gasteiger charge is 2.35. The second-order valence-electron chi connectivity index (χ2n) is 9.09. The lowest BCUT2D eigenvalue weighted by atomic mass is 9.84. The zero-order valence-electron chi connectivity index (χ0n) is 19.0. The molecule has 1 amide bonds. The summed E-state index contributed by atoms with van der Waals surface area (Å²) < 4.78 is 11.8. The second-order valence-corrected chi connectivity index (χ2v) is 9.97. The number of ether oxygens (including phenoxy) is 2. The summed E-state index contributed by atoms with van der Waals surface area (Å²) >= 11 is 11.9. The molecule has 1 aromatic carbocycles. The number of nitrogens with zero attached hydrogens (tertiary/aromatic N) is 2. The van der Waals surface area contributed by atoms with E-state index in [1.807, 2.05) is 50.1 Å². The molecule has 0 atom stereocenters. The number of rotatable bonds is 9. The molecule has 0 radical (unpaired) electrons. The van der Waals surface area contributed by atoms with Gasteiger partial charge in [-0.2, -0.15) is 0 Å². The van der Waals surface area contributed by atoms with Crippen LogP contribution in [0.2, 0.25) is 10.0 Å². The number of hydrogen-bond acceptors (Lipinski definition) is 4. The van der Waals surface area contributed by atoms with E-state index in [0.717, 1.165) is 44.3 Å². The molecule has 1 saturated carbocycles. The quantitative estimate of drug-likeness (QED) is 0.390. The fourth-order valence-electron chi connectivity index (χ4n) is 4.18. The molecule has 7 heteroatoms. The summed E-state index contributed by atoms with van der Waals surface area (Å²) in [5.41, 5.74) is -0.433.